The number of nitrogens with zero attached hydrogens (tertiary/aromatic N) is 1. The van der Waals surface area contributed by atoms with Gasteiger partial charge < -0.3 is 4.90 Å². The molecule has 0 aliphatic rings. The van der Waals surface area contributed by atoms with Gasteiger partial charge in [-0.1, -0.05) is 38.1 Å². The maximum atomic E-state index is 3.84. The average Bonchev–Trinajstić information content (AvgIpc) is 2.06. The van der Waals surface area contributed by atoms with Gasteiger partial charge in [-0.25, -0.2) is 0 Å². The molecule has 0 aromatic heterocycles. The van der Waals surface area contributed by atoms with E-state index in [1.807, 2.05) is 11.9 Å². The topological polar surface area (TPSA) is 3.24 Å². The molecule has 78 valence electrons. The van der Waals surface area contributed by atoms with Crippen LogP contribution in [0.15, 0.2) is 24.3 Å². The van der Waals surface area contributed by atoms with E-state index < -0.39 is 0 Å². The van der Waals surface area contributed by atoms with Gasteiger partial charge in [0.15, 0.2) is 0 Å². The zero-order valence-electron chi connectivity index (χ0n) is 9.46. The molecule has 14 heavy (non-hydrogen) atoms. The second kappa shape index (κ2) is 5.16. The van der Waals surface area contributed by atoms with Gasteiger partial charge in [0, 0.05) is 0 Å². The summed E-state index contributed by atoms with van der Waals surface area (Å²) in [6.07, 6.45) is 1.17. The van der Waals surface area contributed by atoms with Gasteiger partial charge >= 0.3 is 0 Å². The quantitative estimate of drug-likeness (QED) is 0.659. The van der Waals surface area contributed by atoms with E-state index in [0.717, 1.165) is 12.5 Å². The molecule has 0 saturated heterocycles. The van der Waals surface area contributed by atoms with Gasteiger partial charge in [-0.2, -0.15) is 0 Å². The molecule has 0 radical (unpaired) electrons. The van der Waals surface area contributed by atoms with E-state index in [9.17, 15) is 0 Å². The van der Waals surface area contributed by atoms with Crippen LogP contribution >= 0.6 is 0 Å². The molecule has 0 amide bonds. The average molecular weight is 190 g/mol. The lowest BCUT2D eigenvalue weighted by atomic mass is 10.0. The van der Waals surface area contributed by atoms with Gasteiger partial charge in [-0.05, 0) is 37.1 Å². The van der Waals surface area contributed by atoms with Crippen molar-refractivity contribution in [2.75, 3.05) is 7.05 Å². The summed E-state index contributed by atoms with van der Waals surface area (Å²) in [7, 11) is 5.83. The lowest BCUT2D eigenvalue weighted by Gasteiger charge is -2.18. The van der Waals surface area contributed by atoms with Crippen LogP contribution in [0.3, 0.4) is 0 Å². The van der Waals surface area contributed by atoms with Gasteiger partial charge in [0.2, 0.25) is 0 Å². The van der Waals surface area contributed by atoms with Crippen LogP contribution in [0.5, 0.6) is 0 Å². The molecule has 0 aliphatic heterocycles. The van der Waals surface area contributed by atoms with Gasteiger partial charge in [0.25, 0.3) is 0 Å². The summed E-state index contributed by atoms with van der Waals surface area (Å²) in [4.78, 5) is 1.94. The van der Waals surface area contributed by atoms with Crippen LogP contribution in [0, 0.1) is 13.0 Å². The maximum absolute atomic E-state index is 3.84. The van der Waals surface area contributed by atoms with E-state index in [4.69, 9.17) is 0 Å². The van der Waals surface area contributed by atoms with Crippen molar-refractivity contribution in [3.63, 3.8) is 0 Å². The molecule has 0 aliphatic carbocycles. The highest BCUT2D eigenvalue weighted by atomic mass is 15.0. The molecule has 0 bridgehead atoms. The second-order valence-electron chi connectivity index (χ2n) is 4.43. The summed E-state index contributed by atoms with van der Waals surface area (Å²) >= 11 is 0. The Kier molecular flexibility index (Phi) is 4.15. The Morgan fingerprint density at radius 3 is 2.07 bits per heavy atom. The Labute approximate surface area is 87.7 Å². The van der Waals surface area contributed by atoms with E-state index in [1.54, 1.807) is 0 Å². The normalized spacial score (nSPS) is 11.3. The zero-order valence-corrected chi connectivity index (χ0v) is 9.46. The molecular formula is C13H20N-. The van der Waals surface area contributed by atoms with E-state index in [2.05, 4.69) is 45.2 Å². The SMILES string of the molecule is [CH2-]N(C)Cc1ccc(CC(C)C)cc1. The smallest absolute Gasteiger partial charge is 0.00469 e. The van der Waals surface area contributed by atoms with Crippen LogP contribution in [0.4, 0.5) is 0 Å². The second-order valence-corrected chi connectivity index (χ2v) is 4.43. The molecule has 0 fully saturated rings. The van der Waals surface area contributed by atoms with Crippen molar-refractivity contribution in [3.05, 3.63) is 42.4 Å². The van der Waals surface area contributed by atoms with E-state index in [1.165, 1.54) is 17.5 Å². The Hall–Kier alpha value is -0.820. The molecule has 0 unspecified atom stereocenters. The van der Waals surface area contributed by atoms with Gasteiger partial charge in [-0.3, -0.25) is 7.05 Å². The monoisotopic (exact) mass is 190 g/mol. The maximum Gasteiger partial charge on any atom is -0.00469 e. The van der Waals surface area contributed by atoms with E-state index in [0.29, 0.717) is 0 Å². The summed E-state index contributed by atoms with van der Waals surface area (Å²) < 4.78 is 0. The third-order valence-corrected chi connectivity index (χ3v) is 2.12. The minimum Gasteiger partial charge on any atom is -0.458 e. The highest BCUT2D eigenvalue weighted by Gasteiger charge is 1.97. The molecule has 1 rings (SSSR count). The molecule has 0 saturated carbocycles. The first-order chi connectivity index (χ1) is 6.58. The van der Waals surface area contributed by atoms with Crippen molar-refractivity contribution in [1.82, 2.24) is 4.90 Å². The minimum atomic E-state index is 0.733. The van der Waals surface area contributed by atoms with Crippen molar-refractivity contribution in [1.29, 1.82) is 0 Å². The van der Waals surface area contributed by atoms with Crippen LogP contribution in [0.25, 0.3) is 0 Å². The highest BCUT2D eigenvalue weighted by molar-refractivity contribution is 5.22. The fourth-order valence-corrected chi connectivity index (χ4v) is 1.56. The van der Waals surface area contributed by atoms with Crippen molar-refractivity contribution in [3.8, 4) is 0 Å². The Morgan fingerprint density at radius 2 is 1.64 bits per heavy atom. The summed E-state index contributed by atoms with van der Waals surface area (Å²) in [5.41, 5.74) is 2.76. The van der Waals surface area contributed by atoms with Crippen LogP contribution < -0.4 is 0 Å². The van der Waals surface area contributed by atoms with Crippen LogP contribution in [0.1, 0.15) is 25.0 Å². The minimum absolute atomic E-state index is 0.733. The number of hydrogen-bond acceptors (Lipinski definition) is 1. The van der Waals surface area contributed by atoms with E-state index in [-0.39, 0.29) is 0 Å². The lowest BCUT2D eigenvalue weighted by molar-refractivity contribution is 0.445. The first-order valence-electron chi connectivity index (χ1n) is 5.17. The predicted molar refractivity (Wildman–Crippen MR) is 61.8 cm³/mol. The molecule has 1 nitrogen and oxygen atoms in total. The predicted octanol–water partition coefficient (Wildman–Crippen LogP) is 3.11. The molecule has 1 heteroatoms. The van der Waals surface area contributed by atoms with Gasteiger partial charge in [-0.15, -0.1) is 0 Å². The van der Waals surface area contributed by atoms with E-state index >= 15 is 0 Å². The molecule has 0 N–H and O–H groups in total. The molecule has 0 atom stereocenters. The summed E-state index contributed by atoms with van der Waals surface area (Å²) in [6, 6.07) is 8.83. The molecule has 1 aromatic rings. The van der Waals surface area contributed by atoms with Gasteiger partial charge in [0.05, 0.1) is 0 Å². The Bertz CT molecular complexity index is 230. The summed E-state index contributed by atoms with van der Waals surface area (Å²) in [5.74, 6) is 0.733. The number of benzene rings is 1. The van der Waals surface area contributed by atoms with Crippen LogP contribution in [-0.4, -0.2) is 11.9 Å². The molecule has 0 heterocycles. The molecule has 0 spiro atoms. The fraction of sp³-hybridized carbons (Fsp3) is 0.462. The van der Waals surface area contributed by atoms with Crippen molar-refractivity contribution in [2.45, 2.75) is 26.8 Å². The Morgan fingerprint density at radius 1 is 1.14 bits per heavy atom. The van der Waals surface area contributed by atoms with Crippen molar-refractivity contribution in [2.24, 2.45) is 5.92 Å². The first-order valence-corrected chi connectivity index (χ1v) is 5.17. The fourth-order valence-electron chi connectivity index (χ4n) is 1.56. The third kappa shape index (κ3) is 3.93. The number of rotatable bonds is 4. The zero-order chi connectivity index (χ0) is 10.6. The highest BCUT2D eigenvalue weighted by Crippen LogP contribution is 2.10. The Balaban J connectivity index is 2.59. The van der Waals surface area contributed by atoms with Crippen molar-refractivity contribution < 1.29 is 0 Å². The van der Waals surface area contributed by atoms with Gasteiger partial charge in [0.1, 0.15) is 0 Å². The summed E-state index contributed by atoms with van der Waals surface area (Å²) in [6.45, 7) is 5.41. The first kappa shape index (κ1) is 11.3. The van der Waals surface area contributed by atoms with Crippen LogP contribution in [0.2, 0.25) is 0 Å². The largest absolute Gasteiger partial charge is 0.458 e. The number of hydrogen-bond donors (Lipinski definition) is 0. The molecular weight excluding hydrogens is 170 g/mol. The summed E-state index contributed by atoms with van der Waals surface area (Å²) in [5, 5.41) is 0. The third-order valence-electron chi connectivity index (χ3n) is 2.12. The standard InChI is InChI=1S/C13H20N/c1-11(2)9-12-5-7-13(8-6-12)10-14(3)4/h5-8,11H,3,9-10H2,1-2,4H3/q-1. The van der Waals surface area contributed by atoms with Crippen LogP contribution in [-0.2, 0) is 13.0 Å². The van der Waals surface area contributed by atoms with Crippen molar-refractivity contribution >= 4 is 0 Å². The lowest BCUT2D eigenvalue weighted by Crippen LogP contribution is -2.07. The molecule has 1 aromatic carbocycles.